The van der Waals surface area contributed by atoms with Gasteiger partial charge in [-0.3, -0.25) is 4.79 Å². The van der Waals surface area contributed by atoms with Crippen molar-refractivity contribution in [1.29, 1.82) is 0 Å². The standard InChI is InChI=1S/C24H28N2O5S/c1-30-20-10-12-22(13-11-20)32(28,29)26(19-6-4-3-5-7-19)16-18-14-17-8-9-21(31-2)15-23(17)25-24(18)27/h8-15,19H,3-7,16H2,1-2H3,(H,25,27). The molecule has 1 fully saturated rings. The van der Waals surface area contributed by atoms with E-state index in [0.717, 1.165) is 37.5 Å². The highest BCUT2D eigenvalue weighted by Gasteiger charge is 2.33. The number of hydrogen-bond donors (Lipinski definition) is 1. The average molecular weight is 457 g/mol. The monoisotopic (exact) mass is 456 g/mol. The number of nitrogens with one attached hydrogen (secondary N) is 1. The third-order valence-corrected chi connectivity index (χ3v) is 8.02. The molecule has 8 heteroatoms. The van der Waals surface area contributed by atoms with Gasteiger partial charge in [-0.2, -0.15) is 4.31 Å². The topological polar surface area (TPSA) is 88.7 Å². The number of benzene rings is 2. The van der Waals surface area contributed by atoms with Crippen LogP contribution in [0.1, 0.15) is 37.7 Å². The molecule has 0 unspecified atom stereocenters. The smallest absolute Gasteiger partial charge is 0.252 e. The van der Waals surface area contributed by atoms with Gasteiger partial charge in [-0.05, 0) is 60.7 Å². The molecule has 0 amide bonds. The molecule has 32 heavy (non-hydrogen) atoms. The van der Waals surface area contributed by atoms with Crippen molar-refractivity contribution in [2.75, 3.05) is 14.2 Å². The van der Waals surface area contributed by atoms with E-state index in [1.54, 1.807) is 50.6 Å². The molecule has 1 aliphatic rings. The van der Waals surface area contributed by atoms with Crippen LogP contribution in [0.15, 0.2) is 58.2 Å². The van der Waals surface area contributed by atoms with Gasteiger partial charge in [0.25, 0.3) is 5.56 Å². The molecule has 0 atom stereocenters. The van der Waals surface area contributed by atoms with Gasteiger partial charge >= 0.3 is 0 Å². The second-order valence-corrected chi connectivity index (χ2v) is 9.99. The Morgan fingerprint density at radius 1 is 0.938 bits per heavy atom. The summed E-state index contributed by atoms with van der Waals surface area (Å²) in [6, 6.07) is 13.5. The Kier molecular flexibility index (Phi) is 6.53. The number of nitrogens with zero attached hydrogens (tertiary/aromatic N) is 1. The predicted molar refractivity (Wildman–Crippen MR) is 124 cm³/mol. The Morgan fingerprint density at radius 2 is 1.59 bits per heavy atom. The maximum atomic E-state index is 13.7. The first-order valence-corrected chi connectivity index (χ1v) is 12.2. The Bertz CT molecular complexity index is 1250. The van der Waals surface area contributed by atoms with Crippen molar-refractivity contribution in [3.8, 4) is 11.5 Å². The molecule has 1 aromatic heterocycles. The quantitative estimate of drug-likeness (QED) is 0.579. The molecule has 0 radical (unpaired) electrons. The van der Waals surface area contributed by atoms with Gasteiger partial charge < -0.3 is 14.5 Å². The van der Waals surface area contributed by atoms with Crippen molar-refractivity contribution in [2.24, 2.45) is 0 Å². The Labute approximate surface area is 188 Å². The fraction of sp³-hybridized carbons (Fsp3) is 0.375. The van der Waals surface area contributed by atoms with Gasteiger partial charge in [0.05, 0.1) is 24.6 Å². The Hall–Kier alpha value is -2.84. The number of ether oxygens (including phenoxy) is 2. The molecule has 1 saturated carbocycles. The van der Waals surface area contributed by atoms with E-state index in [0.29, 0.717) is 22.6 Å². The zero-order valence-electron chi connectivity index (χ0n) is 18.3. The average Bonchev–Trinajstić information content (AvgIpc) is 2.82. The van der Waals surface area contributed by atoms with Crippen LogP contribution in [0.25, 0.3) is 10.9 Å². The molecular formula is C24H28N2O5S. The van der Waals surface area contributed by atoms with Crippen LogP contribution in [0.3, 0.4) is 0 Å². The lowest BCUT2D eigenvalue weighted by atomic mass is 9.95. The van der Waals surface area contributed by atoms with E-state index in [4.69, 9.17) is 9.47 Å². The van der Waals surface area contributed by atoms with Crippen LogP contribution in [-0.2, 0) is 16.6 Å². The number of pyridine rings is 1. The first kappa shape index (κ1) is 22.4. The summed E-state index contributed by atoms with van der Waals surface area (Å²) in [5.41, 5.74) is 0.780. The van der Waals surface area contributed by atoms with Crippen molar-refractivity contribution in [3.63, 3.8) is 0 Å². The maximum Gasteiger partial charge on any atom is 0.252 e. The number of aromatic amines is 1. The molecule has 0 saturated heterocycles. The number of H-pyrrole nitrogens is 1. The molecule has 1 heterocycles. The van der Waals surface area contributed by atoms with Gasteiger partial charge in [0, 0.05) is 24.2 Å². The summed E-state index contributed by atoms with van der Waals surface area (Å²) in [5.74, 6) is 1.24. The first-order chi connectivity index (χ1) is 15.4. The fourth-order valence-electron chi connectivity index (χ4n) is 4.30. The minimum Gasteiger partial charge on any atom is -0.497 e. The summed E-state index contributed by atoms with van der Waals surface area (Å²) in [4.78, 5) is 15.9. The highest BCUT2D eigenvalue weighted by atomic mass is 32.2. The summed E-state index contributed by atoms with van der Waals surface area (Å²) in [6.07, 6.45) is 4.64. The van der Waals surface area contributed by atoms with Crippen LogP contribution in [-0.4, -0.2) is 38.0 Å². The van der Waals surface area contributed by atoms with Crippen LogP contribution < -0.4 is 15.0 Å². The maximum absolute atomic E-state index is 13.7. The van der Waals surface area contributed by atoms with E-state index in [9.17, 15) is 13.2 Å². The fourth-order valence-corrected chi connectivity index (χ4v) is 5.96. The molecule has 1 N–H and O–H groups in total. The lowest BCUT2D eigenvalue weighted by molar-refractivity contribution is 0.247. The number of hydrogen-bond acceptors (Lipinski definition) is 5. The second-order valence-electron chi connectivity index (χ2n) is 8.09. The SMILES string of the molecule is COc1ccc(S(=O)(=O)N(Cc2cc3ccc(OC)cc3[nH]c2=O)C2CCCCC2)cc1. The predicted octanol–water partition coefficient (Wildman–Crippen LogP) is 4.07. The van der Waals surface area contributed by atoms with Crippen molar-refractivity contribution in [1.82, 2.24) is 9.29 Å². The summed E-state index contributed by atoms with van der Waals surface area (Å²) in [5, 5.41) is 0.825. The van der Waals surface area contributed by atoms with Gasteiger partial charge in [0.2, 0.25) is 10.0 Å². The Balaban J connectivity index is 1.74. The molecule has 7 nitrogen and oxygen atoms in total. The highest BCUT2D eigenvalue weighted by Crippen LogP contribution is 2.30. The van der Waals surface area contributed by atoms with Gasteiger partial charge in [-0.25, -0.2) is 8.42 Å². The molecule has 0 aliphatic heterocycles. The minimum atomic E-state index is -3.80. The third-order valence-electron chi connectivity index (χ3n) is 6.10. The molecular weight excluding hydrogens is 428 g/mol. The first-order valence-electron chi connectivity index (χ1n) is 10.8. The van der Waals surface area contributed by atoms with Gasteiger partial charge in [-0.15, -0.1) is 0 Å². The molecule has 3 aromatic rings. The molecule has 1 aliphatic carbocycles. The van der Waals surface area contributed by atoms with Crippen LogP contribution in [0.5, 0.6) is 11.5 Å². The lowest BCUT2D eigenvalue weighted by Crippen LogP contribution is -2.42. The second kappa shape index (κ2) is 9.34. The normalized spacial score (nSPS) is 15.2. The van der Waals surface area contributed by atoms with Gasteiger partial charge in [0.1, 0.15) is 11.5 Å². The number of sulfonamides is 1. The summed E-state index contributed by atoms with van der Waals surface area (Å²) in [6.45, 7) is 0.0241. The van der Waals surface area contributed by atoms with E-state index in [1.165, 1.54) is 4.31 Å². The van der Waals surface area contributed by atoms with Gasteiger partial charge in [0.15, 0.2) is 0 Å². The van der Waals surface area contributed by atoms with E-state index < -0.39 is 10.0 Å². The van der Waals surface area contributed by atoms with E-state index in [2.05, 4.69) is 4.98 Å². The minimum absolute atomic E-state index is 0.0241. The number of rotatable bonds is 7. The zero-order chi connectivity index (χ0) is 22.7. The number of methoxy groups -OCH3 is 2. The third kappa shape index (κ3) is 4.52. The summed E-state index contributed by atoms with van der Waals surface area (Å²) >= 11 is 0. The van der Waals surface area contributed by atoms with Crippen molar-refractivity contribution >= 4 is 20.9 Å². The van der Waals surface area contributed by atoms with Gasteiger partial charge in [-0.1, -0.05) is 19.3 Å². The van der Waals surface area contributed by atoms with Crippen LogP contribution >= 0.6 is 0 Å². The number of aromatic nitrogens is 1. The van der Waals surface area contributed by atoms with Crippen LogP contribution in [0.2, 0.25) is 0 Å². The van der Waals surface area contributed by atoms with Crippen molar-refractivity contribution < 1.29 is 17.9 Å². The molecule has 2 aromatic carbocycles. The summed E-state index contributed by atoms with van der Waals surface area (Å²) < 4.78 is 39.2. The molecule has 0 spiro atoms. The molecule has 0 bridgehead atoms. The van der Waals surface area contributed by atoms with Crippen LogP contribution in [0, 0.1) is 0 Å². The number of fused-ring (bicyclic) bond motifs is 1. The van der Waals surface area contributed by atoms with E-state index in [1.807, 2.05) is 12.1 Å². The van der Waals surface area contributed by atoms with Crippen molar-refractivity contribution in [2.45, 2.75) is 49.6 Å². The van der Waals surface area contributed by atoms with Crippen molar-refractivity contribution in [3.05, 3.63) is 64.4 Å². The lowest BCUT2D eigenvalue weighted by Gasteiger charge is -2.33. The van der Waals surface area contributed by atoms with E-state index >= 15 is 0 Å². The zero-order valence-corrected chi connectivity index (χ0v) is 19.2. The summed E-state index contributed by atoms with van der Waals surface area (Å²) in [7, 11) is -0.689. The van der Waals surface area contributed by atoms with E-state index in [-0.39, 0.29) is 23.0 Å². The largest absolute Gasteiger partial charge is 0.497 e. The highest BCUT2D eigenvalue weighted by molar-refractivity contribution is 7.89. The molecule has 4 rings (SSSR count). The Morgan fingerprint density at radius 3 is 2.25 bits per heavy atom. The van der Waals surface area contributed by atoms with Crippen LogP contribution in [0.4, 0.5) is 0 Å². The molecule has 170 valence electrons.